The number of carbonyl (C=O) groups is 3. The second-order valence-corrected chi connectivity index (χ2v) is 2.06. The first kappa shape index (κ1) is 7.52. The number of nitrogens with zero attached hydrogens (tertiary/aromatic N) is 1. The summed E-state index contributed by atoms with van der Waals surface area (Å²) in [7, 11) is 0. The van der Waals surface area contributed by atoms with Crippen LogP contribution in [0.25, 0.3) is 0 Å². The zero-order chi connectivity index (χ0) is 8.43. The van der Waals surface area contributed by atoms with E-state index < -0.39 is 17.8 Å². The molecule has 11 heavy (non-hydrogen) atoms. The summed E-state index contributed by atoms with van der Waals surface area (Å²) in [5.74, 6) is -0.902. The number of nitrogens with one attached hydrogen (secondary N) is 2. The van der Waals surface area contributed by atoms with Crippen molar-refractivity contribution in [3.05, 3.63) is 0 Å². The molecule has 1 heterocycles. The van der Waals surface area contributed by atoms with Crippen molar-refractivity contribution >= 4 is 17.8 Å². The van der Waals surface area contributed by atoms with Crippen LogP contribution in [0.5, 0.6) is 0 Å². The highest BCUT2D eigenvalue weighted by molar-refractivity contribution is 6.02. The molecule has 0 aromatic carbocycles. The predicted molar refractivity (Wildman–Crippen MR) is 34.1 cm³/mol. The molecule has 2 N–H and O–H groups in total. The maximum Gasteiger partial charge on any atom is 0.343 e. The lowest BCUT2D eigenvalue weighted by Crippen LogP contribution is -2.45. The third-order valence-corrected chi connectivity index (χ3v) is 1.11. The summed E-state index contributed by atoms with van der Waals surface area (Å²) >= 11 is 0. The molecule has 0 radical (unpaired) electrons. The number of rotatable bonds is 1. The quantitative estimate of drug-likeness (QED) is 0.459. The normalized spacial score (nSPS) is 16.6. The van der Waals surface area contributed by atoms with Crippen LogP contribution in [0.2, 0.25) is 0 Å². The highest BCUT2D eigenvalue weighted by Gasteiger charge is 2.29. The minimum absolute atomic E-state index is 0.0564. The van der Waals surface area contributed by atoms with Gasteiger partial charge in [0.15, 0.2) is 0 Å². The van der Waals surface area contributed by atoms with Crippen LogP contribution in [0, 0.1) is 0 Å². The zero-order valence-corrected chi connectivity index (χ0v) is 5.88. The van der Waals surface area contributed by atoms with E-state index >= 15 is 0 Å². The SMILES string of the molecule is CC(=O)NN1C(=O)CNC1=O. The highest BCUT2D eigenvalue weighted by atomic mass is 16.2. The van der Waals surface area contributed by atoms with Crippen LogP contribution in [0.1, 0.15) is 6.92 Å². The molecule has 0 aromatic rings. The minimum Gasteiger partial charge on any atom is -0.327 e. The van der Waals surface area contributed by atoms with Gasteiger partial charge in [-0.1, -0.05) is 0 Å². The number of carbonyl (C=O) groups excluding carboxylic acids is 3. The van der Waals surface area contributed by atoms with E-state index in [0.29, 0.717) is 5.01 Å². The Labute approximate surface area is 62.5 Å². The third kappa shape index (κ3) is 1.46. The molecule has 0 spiro atoms. The maximum atomic E-state index is 10.7. The zero-order valence-electron chi connectivity index (χ0n) is 5.88. The van der Waals surface area contributed by atoms with E-state index in [1.807, 2.05) is 0 Å². The van der Waals surface area contributed by atoms with E-state index in [4.69, 9.17) is 0 Å². The Morgan fingerprint density at radius 3 is 2.64 bits per heavy atom. The van der Waals surface area contributed by atoms with Crippen molar-refractivity contribution in [2.24, 2.45) is 0 Å². The lowest BCUT2D eigenvalue weighted by Gasteiger charge is -2.10. The summed E-state index contributed by atoms with van der Waals surface area (Å²) in [6.45, 7) is 1.16. The van der Waals surface area contributed by atoms with Gasteiger partial charge in [-0.3, -0.25) is 15.0 Å². The van der Waals surface area contributed by atoms with Gasteiger partial charge in [-0.2, -0.15) is 5.01 Å². The van der Waals surface area contributed by atoms with Gasteiger partial charge in [0.05, 0.1) is 0 Å². The molecule has 0 saturated carbocycles. The van der Waals surface area contributed by atoms with Crippen LogP contribution < -0.4 is 10.7 Å². The number of amides is 4. The molecule has 1 aliphatic heterocycles. The topological polar surface area (TPSA) is 78.5 Å². The first-order chi connectivity index (χ1) is 5.11. The van der Waals surface area contributed by atoms with Gasteiger partial charge in [0, 0.05) is 6.92 Å². The fraction of sp³-hybridized carbons (Fsp3) is 0.400. The molecule has 1 rings (SSSR count). The van der Waals surface area contributed by atoms with Gasteiger partial charge in [-0.25, -0.2) is 4.79 Å². The Balaban J connectivity index is 2.62. The molecule has 1 aliphatic rings. The lowest BCUT2D eigenvalue weighted by atomic mass is 10.6. The highest BCUT2D eigenvalue weighted by Crippen LogP contribution is 1.92. The second-order valence-electron chi connectivity index (χ2n) is 2.06. The fourth-order valence-corrected chi connectivity index (χ4v) is 0.693. The molecule has 0 unspecified atom stereocenters. The van der Waals surface area contributed by atoms with E-state index in [0.717, 1.165) is 0 Å². The Hall–Kier alpha value is -1.59. The number of hydrogen-bond acceptors (Lipinski definition) is 3. The van der Waals surface area contributed by atoms with Gasteiger partial charge in [0.25, 0.3) is 5.91 Å². The number of imide groups is 1. The van der Waals surface area contributed by atoms with Crippen molar-refractivity contribution in [2.45, 2.75) is 6.92 Å². The minimum atomic E-state index is -0.592. The Bertz CT molecular complexity index is 209. The van der Waals surface area contributed by atoms with Crippen LogP contribution in [0.15, 0.2) is 0 Å². The van der Waals surface area contributed by atoms with Crippen LogP contribution in [0.4, 0.5) is 4.79 Å². The van der Waals surface area contributed by atoms with Gasteiger partial charge < -0.3 is 5.32 Å². The molecule has 4 amide bonds. The smallest absolute Gasteiger partial charge is 0.327 e. The van der Waals surface area contributed by atoms with Gasteiger partial charge in [0.2, 0.25) is 5.91 Å². The first-order valence-electron chi connectivity index (χ1n) is 2.99. The molecule has 0 bridgehead atoms. The van der Waals surface area contributed by atoms with Crippen molar-refractivity contribution in [1.29, 1.82) is 0 Å². The monoisotopic (exact) mass is 157 g/mol. The van der Waals surface area contributed by atoms with Crippen molar-refractivity contribution < 1.29 is 14.4 Å². The van der Waals surface area contributed by atoms with E-state index in [1.54, 1.807) is 0 Å². The van der Waals surface area contributed by atoms with E-state index in [2.05, 4.69) is 10.7 Å². The number of hydrogen-bond donors (Lipinski definition) is 2. The van der Waals surface area contributed by atoms with E-state index in [-0.39, 0.29) is 6.54 Å². The summed E-state index contributed by atoms with van der Waals surface area (Å²) in [6, 6.07) is -0.592. The van der Waals surface area contributed by atoms with Gasteiger partial charge in [0.1, 0.15) is 6.54 Å². The summed E-state index contributed by atoms with van der Waals surface area (Å²) in [5.41, 5.74) is 2.07. The maximum absolute atomic E-state index is 10.7. The van der Waals surface area contributed by atoms with Crippen molar-refractivity contribution in [1.82, 2.24) is 15.8 Å². The van der Waals surface area contributed by atoms with Crippen LogP contribution in [-0.2, 0) is 9.59 Å². The lowest BCUT2D eigenvalue weighted by molar-refractivity contribution is -0.134. The largest absolute Gasteiger partial charge is 0.343 e. The van der Waals surface area contributed by atoms with E-state index in [1.165, 1.54) is 6.92 Å². The molecule has 0 aromatic heterocycles. The van der Waals surface area contributed by atoms with Gasteiger partial charge in [-0.05, 0) is 0 Å². The van der Waals surface area contributed by atoms with Crippen molar-refractivity contribution in [3.8, 4) is 0 Å². The summed E-state index contributed by atoms with van der Waals surface area (Å²) in [5, 5.41) is 2.90. The summed E-state index contributed by atoms with van der Waals surface area (Å²) in [6.07, 6.45) is 0. The Morgan fingerprint density at radius 2 is 2.27 bits per heavy atom. The molecule has 60 valence electrons. The van der Waals surface area contributed by atoms with Crippen LogP contribution in [0.3, 0.4) is 0 Å². The fourth-order valence-electron chi connectivity index (χ4n) is 0.693. The summed E-state index contributed by atoms with van der Waals surface area (Å²) < 4.78 is 0. The molecule has 6 heteroatoms. The molecular weight excluding hydrogens is 150 g/mol. The van der Waals surface area contributed by atoms with E-state index in [9.17, 15) is 14.4 Å². The van der Waals surface area contributed by atoms with Gasteiger partial charge >= 0.3 is 6.03 Å². The Kier molecular flexibility index (Phi) is 1.75. The standard InChI is InChI=1S/C5H7N3O3/c1-3(9)7-8-4(10)2-6-5(8)11/h2H2,1H3,(H,6,11)(H,7,9). The van der Waals surface area contributed by atoms with Crippen LogP contribution in [-0.4, -0.2) is 29.4 Å². The van der Waals surface area contributed by atoms with Crippen LogP contribution >= 0.6 is 0 Å². The molecule has 1 fully saturated rings. The average molecular weight is 157 g/mol. The molecule has 0 atom stereocenters. The number of urea groups is 1. The third-order valence-electron chi connectivity index (χ3n) is 1.11. The number of hydrazine groups is 1. The van der Waals surface area contributed by atoms with Crippen molar-refractivity contribution in [3.63, 3.8) is 0 Å². The molecule has 1 saturated heterocycles. The Morgan fingerprint density at radius 1 is 1.64 bits per heavy atom. The summed E-state index contributed by atoms with van der Waals surface area (Å²) in [4.78, 5) is 31.9. The first-order valence-corrected chi connectivity index (χ1v) is 2.99. The molecular formula is C5H7N3O3. The molecule has 6 nitrogen and oxygen atoms in total. The predicted octanol–water partition coefficient (Wildman–Crippen LogP) is -1.41. The average Bonchev–Trinajstić information content (AvgIpc) is 2.18. The van der Waals surface area contributed by atoms with Crippen molar-refractivity contribution in [2.75, 3.05) is 6.54 Å². The second kappa shape index (κ2) is 2.57. The molecule has 0 aliphatic carbocycles. The van der Waals surface area contributed by atoms with Gasteiger partial charge in [-0.15, -0.1) is 0 Å².